The lowest BCUT2D eigenvalue weighted by atomic mass is 9.87. The average molecular weight is 432 g/mol. The number of amides is 2. The lowest BCUT2D eigenvalue weighted by molar-refractivity contribution is -0.132. The molecule has 7 heteroatoms. The van der Waals surface area contributed by atoms with E-state index in [2.05, 4.69) is 38.7 Å². The molecule has 0 bridgehead atoms. The molecule has 1 saturated heterocycles. The van der Waals surface area contributed by atoms with E-state index in [4.69, 9.17) is 23.8 Å². The number of halogens is 1. The summed E-state index contributed by atoms with van der Waals surface area (Å²) < 4.78 is 0. The third kappa shape index (κ3) is 3.60. The van der Waals surface area contributed by atoms with E-state index in [-0.39, 0.29) is 16.2 Å². The zero-order valence-electron chi connectivity index (χ0n) is 17.7. The molecule has 2 aliphatic heterocycles. The molecular weight excluding hydrogens is 406 g/mol. The molecule has 29 heavy (non-hydrogen) atoms. The summed E-state index contributed by atoms with van der Waals surface area (Å²) in [5.41, 5.74) is 3.84. The molecule has 0 atom stereocenters. The van der Waals surface area contributed by atoms with Crippen molar-refractivity contribution in [1.82, 2.24) is 9.80 Å². The summed E-state index contributed by atoms with van der Waals surface area (Å²) in [5.74, 6) is -0.846. The van der Waals surface area contributed by atoms with Crippen LogP contribution in [0.15, 0.2) is 23.8 Å². The van der Waals surface area contributed by atoms with Gasteiger partial charge in [0.2, 0.25) is 0 Å². The first-order valence-electron chi connectivity index (χ1n) is 9.62. The number of carbonyl (C=O) groups is 2. The van der Waals surface area contributed by atoms with Crippen molar-refractivity contribution in [3.05, 3.63) is 39.9 Å². The van der Waals surface area contributed by atoms with E-state index < -0.39 is 11.8 Å². The van der Waals surface area contributed by atoms with Crippen LogP contribution in [0.25, 0.3) is 11.6 Å². The maximum absolute atomic E-state index is 12.6. The molecule has 1 fully saturated rings. The molecule has 0 aliphatic carbocycles. The van der Waals surface area contributed by atoms with Crippen LogP contribution >= 0.6 is 23.8 Å². The lowest BCUT2D eigenvalue weighted by Gasteiger charge is -2.43. The van der Waals surface area contributed by atoms with Crippen molar-refractivity contribution >= 4 is 58.1 Å². The van der Waals surface area contributed by atoms with Gasteiger partial charge in [0.15, 0.2) is 5.11 Å². The molecule has 0 unspecified atom stereocenters. The van der Waals surface area contributed by atoms with Crippen LogP contribution in [-0.2, 0) is 9.59 Å². The minimum atomic E-state index is -0.423. The topological polar surface area (TPSA) is 43.9 Å². The maximum Gasteiger partial charge on any atom is 0.265 e. The van der Waals surface area contributed by atoms with Gasteiger partial charge in [-0.3, -0.25) is 19.4 Å². The Bertz CT molecular complexity index is 955. The summed E-state index contributed by atoms with van der Waals surface area (Å²) in [7, 11) is 3.13. The predicted molar refractivity (Wildman–Crippen MR) is 123 cm³/mol. The normalized spacial score (nSPS) is 18.9. The molecule has 2 aliphatic rings. The highest BCUT2D eigenvalue weighted by molar-refractivity contribution is 7.80. The summed E-state index contributed by atoms with van der Waals surface area (Å²) in [4.78, 5) is 30.2. The van der Waals surface area contributed by atoms with Crippen molar-refractivity contribution in [1.29, 1.82) is 0 Å². The minimum absolute atomic E-state index is 0.0497. The Hall–Kier alpha value is -2.18. The Morgan fingerprint density at radius 1 is 1.14 bits per heavy atom. The maximum atomic E-state index is 12.6. The number of benzene rings is 1. The molecule has 0 N–H and O–H groups in total. The van der Waals surface area contributed by atoms with Crippen LogP contribution in [0.1, 0.15) is 45.2 Å². The summed E-state index contributed by atoms with van der Waals surface area (Å²) in [6, 6.07) is 3.90. The molecule has 1 aromatic rings. The van der Waals surface area contributed by atoms with Crippen LogP contribution in [-0.4, -0.2) is 52.9 Å². The zero-order chi connectivity index (χ0) is 21.7. The van der Waals surface area contributed by atoms with E-state index >= 15 is 0 Å². The van der Waals surface area contributed by atoms with Gasteiger partial charge >= 0.3 is 0 Å². The van der Waals surface area contributed by atoms with Gasteiger partial charge in [-0.1, -0.05) is 24.6 Å². The third-order valence-corrected chi connectivity index (χ3v) is 6.36. The summed E-state index contributed by atoms with van der Waals surface area (Å²) in [6.45, 7) is 9.51. The number of thiocarbonyl (C=S) groups is 1. The van der Waals surface area contributed by atoms with Crippen LogP contribution < -0.4 is 4.90 Å². The molecule has 3 rings (SSSR count). The van der Waals surface area contributed by atoms with E-state index in [1.165, 1.54) is 9.80 Å². The Kier molecular flexibility index (Phi) is 5.62. The number of carbonyl (C=O) groups excluding carboxylic acids is 2. The standard InChI is InChI=1S/C22H26ClN3O2S/c1-7-8-26-18-11-17(23)14(9-15(18)13(2)12-22(26,3)4)10-16-19(27)24(5)21(29)25(6)20(16)28/h9-12H,7-8H2,1-6H3. The molecule has 0 saturated carbocycles. The fraction of sp³-hybridized carbons (Fsp3) is 0.409. The lowest BCUT2D eigenvalue weighted by Crippen LogP contribution is -2.52. The monoisotopic (exact) mass is 431 g/mol. The Balaban J connectivity index is 2.13. The van der Waals surface area contributed by atoms with E-state index in [1.807, 2.05) is 12.1 Å². The van der Waals surface area contributed by atoms with Gasteiger partial charge in [0, 0.05) is 36.9 Å². The van der Waals surface area contributed by atoms with E-state index in [1.54, 1.807) is 20.2 Å². The van der Waals surface area contributed by atoms with Crippen LogP contribution in [0.3, 0.4) is 0 Å². The highest BCUT2D eigenvalue weighted by atomic mass is 35.5. The van der Waals surface area contributed by atoms with Gasteiger partial charge in [-0.2, -0.15) is 0 Å². The van der Waals surface area contributed by atoms with E-state index in [0.29, 0.717) is 10.6 Å². The number of hydrogen-bond acceptors (Lipinski definition) is 4. The predicted octanol–water partition coefficient (Wildman–Crippen LogP) is 4.35. The number of fused-ring (bicyclic) bond motifs is 1. The van der Waals surface area contributed by atoms with Gasteiger partial charge in [0.25, 0.3) is 11.8 Å². The molecule has 1 aromatic carbocycles. The van der Waals surface area contributed by atoms with Crippen molar-refractivity contribution in [2.45, 2.75) is 39.7 Å². The van der Waals surface area contributed by atoms with Crippen molar-refractivity contribution in [3.63, 3.8) is 0 Å². The van der Waals surface area contributed by atoms with E-state index in [0.717, 1.165) is 29.8 Å². The second-order valence-electron chi connectivity index (χ2n) is 8.09. The van der Waals surface area contributed by atoms with Crippen molar-refractivity contribution in [3.8, 4) is 0 Å². The average Bonchev–Trinajstić information content (AvgIpc) is 2.65. The summed E-state index contributed by atoms with van der Waals surface area (Å²) >= 11 is 11.8. The smallest absolute Gasteiger partial charge is 0.265 e. The second kappa shape index (κ2) is 7.58. The first-order valence-corrected chi connectivity index (χ1v) is 10.4. The fourth-order valence-corrected chi connectivity index (χ4v) is 4.37. The fourth-order valence-electron chi connectivity index (χ4n) is 3.99. The quantitative estimate of drug-likeness (QED) is 0.405. The first kappa shape index (κ1) is 21.5. The molecule has 0 spiro atoms. The molecule has 154 valence electrons. The summed E-state index contributed by atoms with van der Waals surface area (Å²) in [5, 5.41) is 0.687. The second-order valence-corrected chi connectivity index (χ2v) is 8.86. The number of rotatable bonds is 3. The first-order chi connectivity index (χ1) is 13.5. The highest BCUT2D eigenvalue weighted by Crippen LogP contribution is 2.42. The molecule has 2 amide bonds. The van der Waals surface area contributed by atoms with Crippen LogP contribution in [0, 0.1) is 0 Å². The molecule has 0 aromatic heterocycles. The van der Waals surface area contributed by atoms with Gasteiger partial charge in [-0.25, -0.2) is 0 Å². The van der Waals surface area contributed by atoms with Crippen molar-refractivity contribution in [2.75, 3.05) is 25.5 Å². The Morgan fingerprint density at radius 3 is 2.28 bits per heavy atom. The van der Waals surface area contributed by atoms with Crippen LogP contribution in [0.2, 0.25) is 5.02 Å². The number of hydrogen-bond donors (Lipinski definition) is 0. The van der Waals surface area contributed by atoms with Crippen LogP contribution in [0.5, 0.6) is 0 Å². The van der Waals surface area contributed by atoms with Gasteiger partial charge in [-0.05, 0) is 68.8 Å². The van der Waals surface area contributed by atoms with E-state index in [9.17, 15) is 9.59 Å². The summed E-state index contributed by atoms with van der Waals surface area (Å²) in [6.07, 6.45) is 4.83. The molecular formula is C22H26ClN3O2S. The molecule has 5 nitrogen and oxygen atoms in total. The molecule has 2 heterocycles. The highest BCUT2D eigenvalue weighted by Gasteiger charge is 2.36. The van der Waals surface area contributed by atoms with Crippen molar-refractivity contribution in [2.24, 2.45) is 0 Å². The number of nitrogens with zero attached hydrogens (tertiary/aromatic N) is 3. The minimum Gasteiger partial charge on any atom is -0.362 e. The third-order valence-electron chi connectivity index (χ3n) is 5.49. The number of anilines is 1. The van der Waals surface area contributed by atoms with Crippen LogP contribution in [0.4, 0.5) is 5.69 Å². The number of allylic oxidation sites excluding steroid dienone is 1. The van der Waals surface area contributed by atoms with Gasteiger partial charge in [0.1, 0.15) is 5.57 Å². The van der Waals surface area contributed by atoms with Gasteiger partial charge in [0.05, 0.1) is 5.54 Å². The Labute approximate surface area is 182 Å². The SMILES string of the molecule is CCCN1c2cc(Cl)c(C=C3C(=O)N(C)C(=S)N(C)C3=O)cc2C(C)=CC1(C)C. The van der Waals surface area contributed by atoms with Gasteiger partial charge < -0.3 is 4.90 Å². The number of likely N-dealkylation sites (N-methyl/N-ethyl adjacent to an activating group) is 2. The Morgan fingerprint density at radius 2 is 1.72 bits per heavy atom. The zero-order valence-corrected chi connectivity index (χ0v) is 19.2. The van der Waals surface area contributed by atoms with Gasteiger partial charge in [-0.15, -0.1) is 0 Å². The molecule has 0 radical (unpaired) electrons. The van der Waals surface area contributed by atoms with Crippen molar-refractivity contribution < 1.29 is 9.59 Å². The largest absolute Gasteiger partial charge is 0.362 e.